The summed E-state index contributed by atoms with van der Waals surface area (Å²) < 4.78 is 0. The minimum absolute atomic E-state index is 0.222. The molecule has 0 aromatic rings. The maximum Gasteiger partial charge on any atom is 0.303 e. The molecule has 0 rings (SSSR count). The van der Waals surface area contributed by atoms with Crippen LogP contribution in [0, 0.1) is 0 Å². The summed E-state index contributed by atoms with van der Waals surface area (Å²) in [7, 11) is 0. The molecule has 204 valence electrons. The molecule has 0 radical (unpaired) electrons. The van der Waals surface area contributed by atoms with Crippen molar-refractivity contribution >= 4 is 5.97 Å². The molecule has 0 aromatic carbocycles. The average Bonchev–Trinajstić information content (AvgIpc) is 2.82. The number of hydrogen-bond donors (Lipinski definition) is 3. The second-order valence-electron chi connectivity index (χ2n) is 10.7. The lowest BCUT2D eigenvalue weighted by molar-refractivity contribution is -0.137. The number of unbranched alkanes of at least 4 members (excludes halogenated alkanes) is 19. The Morgan fingerprint density at radius 2 is 0.765 bits per heavy atom. The van der Waals surface area contributed by atoms with Crippen molar-refractivity contribution in [3.8, 4) is 0 Å². The Hall–Kier alpha value is -0.610. The van der Waals surface area contributed by atoms with Crippen molar-refractivity contribution in [3.05, 3.63) is 0 Å². The van der Waals surface area contributed by atoms with E-state index in [2.05, 4.69) is 6.92 Å². The lowest BCUT2D eigenvalue weighted by Gasteiger charge is -2.14. The predicted octanol–water partition coefficient (Wildman–Crippen LogP) is 8.96. The summed E-state index contributed by atoms with van der Waals surface area (Å²) in [6, 6.07) is 0. The van der Waals surface area contributed by atoms with Gasteiger partial charge in [-0.25, -0.2) is 0 Å². The number of aliphatic hydroxyl groups is 2. The van der Waals surface area contributed by atoms with Crippen LogP contribution < -0.4 is 0 Å². The molecule has 0 spiro atoms. The van der Waals surface area contributed by atoms with Gasteiger partial charge >= 0.3 is 5.97 Å². The van der Waals surface area contributed by atoms with Crippen molar-refractivity contribution in [2.75, 3.05) is 0 Å². The van der Waals surface area contributed by atoms with E-state index in [4.69, 9.17) is 5.11 Å². The van der Waals surface area contributed by atoms with E-state index in [0.717, 1.165) is 57.8 Å². The van der Waals surface area contributed by atoms with Gasteiger partial charge in [-0.1, -0.05) is 135 Å². The monoisotopic (exact) mass is 484 g/mol. The molecule has 4 nitrogen and oxygen atoms in total. The third-order valence-electron chi connectivity index (χ3n) is 7.15. The highest BCUT2D eigenvalue weighted by Crippen LogP contribution is 2.16. The molecule has 3 N–H and O–H groups in total. The van der Waals surface area contributed by atoms with Crippen molar-refractivity contribution in [1.29, 1.82) is 0 Å². The topological polar surface area (TPSA) is 77.8 Å². The van der Waals surface area contributed by atoms with Gasteiger partial charge in [0.25, 0.3) is 0 Å². The van der Waals surface area contributed by atoms with Crippen LogP contribution in [0.1, 0.15) is 174 Å². The van der Waals surface area contributed by atoms with E-state index in [1.54, 1.807) is 0 Å². The van der Waals surface area contributed by atoms with Gasteiger partial charge < -0.3 is 15.3 Å². The van der Waals surface area contributed by atoms with Crippen LogP contribution in [0.15, 0.2) is 0 Å². The van der Waals surface area contributed by atoms with Gasteiger partial charge in [0.2, 0.25) is 0 Å². The molecule has 0 fully saturated rings. The molecule has 2 atom stereocenters. The summed E-state index contributed by atoms with van der Waals surface area (Å²) in [6.45, 7) is 2.15. The third-order valence-corrected chi connectivity index (χ3v) is 7.15. The summed E-state index contributed by atoms with van der Waals surface area (Å²) in [4.78, 5) is 10.4. The van der Waals surface area contributed by atoms with Gasteiger partial charge in [0.15, 0.2) is 0 Å². The normalized spacial score (nSPS) is 13.3. The van der Waals surface area contributed by atoms with E-state index in [1.807, 2.05) is 0 Å². The van der Waals surface area contributed by atoms with Crippen molar-refractivity contribution in [1.82, 2.24) is 0 Å². The molecule has 2 unspecified atom stereocenters. The summed E-state index contributed by atoms with van der Waals surface area (Å²) in [5.41, 5.74) is 0. The Balaban J connectivity index is 3.15. The smallest absolute Gasteiger partial charge is 0.303 e. The molecule has 4 heteroatoms. The van der Waals surface area contributed by atoms with E-state index < -0.39 is 5.97 Å². The summed E-state index contributed by atoms with van der Waals surface area (Å²) in [5, 5.41) is 28.5. The number of carbonyl (C=O) groups is 1. The SMILES string of the molecule is CCCCC(O)CCC(O)CCCCCCCCCCCCCCCCCCCCCC(=O)O. The van der Waals surface area contributed by atoms with E-state index in [0.29, 0.717) is 6.42 Å². The van der Waals surface area contributed by atoms with Crippen LogP contribution in [0.4, 0.5) is 0 Å². The maximum absolute atomic E-state index is 10.4. The molecular formula is C30H60O4. The number of hydrogen-bond acceptors (Lipinski definition) is 3. The van der Waals surface area contributed by atoms with Crippen LogP contribution in [0.3, 0.4) is 0 Å². The minimum Gasteiger partial charge on any atom is -0.481 e. The molecule has 0 saturated carbocycles. The van der Waals surface area contributed by atoms with Crippen molar-refractivity contribution in [2.45, 2.75) is 186 Å². The zero-order chi connectivity index (χ0) is 25.1. The Bertz CT molecular complexity index is 413. The highest BCUT2D eigenvalue weighted by atomic mass is 16.4. The van der Waals surface area contributed by atoms with Crippen LogP contribution in [0.5, 0.6) is 0 Å². The van der Waals surface area contributed by atoms with E-state index >= 15 is 0 Å². The van der Waals surface area contributed by atoms with Crippen LogP contribution in [0.2, 0.25) is 0 Å². The van der Waals surface area contributed by atoms with Crippen molar-refractivity contribution in [3.63, 3.8) is 0 Å². The minimum atomic E-state index is -0.661. The lowest BCUT2D eigenvalue weighted by atomic mass is 10.0. The van der Waals surface area contributed by atoms with Crippen LogP contribution in [-0.2, 0) is 4.79 Å². The molecule has 0 saturated heterocycles. The maximum atomic E-state index is 10.4. The molecule has 0 bridgehead atoms. The van der Waals surface area contributed by atoms with Crippen molar-refractivity contribution in [2.24, 2.45) is 0 Å². The van der Waals surface area contributed by atoms with Crippen LogP contribution in [-0.4, -0.2) is 33.5 Å². The zero-order valence-electron chi connectivity index (χ0n) is 22.8. The molecule has 0 aromatic heterocycles. The van der Waals surface area contributed by atoms with E-state index in [1.165, 1.54) is 103 Å². The number of aliphatic carboxylic acids is 1. The summed E-state index contributed by atoms with van der Waals surface area (Å²) >= 11 is 0. The zero-order valence-corrected chi connectivity index (χ0v) is 22.8. The van der Waals surface area contributed by atoms with Gasteiger partial charge in [0, 0.05) is 6.42 Å². The van der Waals surface area contributed by atoms with Gasteiger partial charge in [-0.2, -0.15) is 0 Å². The number of aliphatic hydroxyl groups excluding tert-OH is 2. The molecule has 0 heterocycles. The van der Waals surface area contributed by atoms with Crippen LogP contribution in [0.25, 0.3) is 0 Å². The van der Waals surface area contributed by atoms with Crippen molar-refractivity contribution < 1.29 is 20.1 Å². The fourth-order valence-electron chi connectivity index (χ4n) is 4.77. The number of carboxylic acids is 1. The first-order valence-corrected chi connectivity index (χ1v) is 15.1. The largest absolute Gasteiger partial charge is 0.481 e. The standard InChI is InChI=1S/C30H60O4/c1-2-3-23-28(31)26-27-29(32)24-21-19-17-15-13-11-9-7-5-4-6-8-10-12-14-16-18-20-22-25-30(33)34/h28-29,31-32H,2-27H2,1H3,(H,33,34). The second-order valence-corrected chi connectivity index (χ2v) is 10.7. The summed E-state index contributed by atoms with van der Waals surface area (Å²) in [6.07, 6.45) is 29.9. The second kappa shape index (κ2) is 27.0. The molecule has 0 aliphatic rings. The Labute approximate surface area is 212 Å². The molecule has 34 heavy (non-hydrogen) atoms. The van der Waals surface area contributed by atoms with Gasteiger partial charge in [-0.3, -0.25) is 4.79 Å². The van der Waals surface area contributed by atoms with Gasteiger partial charge in [-0.05, 0) is 32.1 Å². The molecule has 0 amide bonds. The molecular weight excluding hydrogens is 424 g/mol. The van der Waals surface area contributed by atoms with Gasteiger partial charge in [-0.15, -0.1) is 0 Å². The summed E-state index contributed by atoms with van der Waals surface area (Å²) in [5.74, 6) is -0.661. The van der Waals surface area contributed by atoms with E-state index in [9.17, 15) is 15.0 Å². The Morgan fingerprint density at radius 3 is 1.09 bits per heavy atom. The van der Waals surface area contributed by atoms with E-state index in [-0.39, 0.29) is 12.2 Å². The first kappa shape index (κ1) is 33.4. The fraction of sp³-hybridized carbons (Fsp3) is 0.967. The quantitative estimate of drug-likeness (QED) is 0.0968. The van der Waals surface area contributed by atoms with Crippen LogP contribution >= 0.6 is 0 Å². The fourth-order valence-corrected chi connectivity index (χ4v) is 4.77. The third kappa shape index (κ3) is 27.6. The number of rotatable bonds is 28. The predicted molar refractivity (Wildman–Crippen MR) is 145 cm³/mol. The average molecular weight is 485 g/mol. The Morgan fingerprint density at radius 1 is 0.471 bits per heavy atom. The Kier molecular flexibility index (Phi) is 26.5. The first-order valence-electron chi connectivity index (χ1n) is 15.1. The van der Waals surface area contributed by atoms with Gasteiger partial charge in [0.1, 0.15) is 0 Å². The highest BCUT2D eigenvalue weighted by molar-refractivity contribution is 5.66. The molecule has 0 aliphatic heterocycles. The highest BCUT2D eigenvalue weighted by Gasteiger charge is 2.09. The first-order chi connectivity index (χ1) is 16.6. The number of carboxylic acid groups (broad SMARTS) is 1. The molecule has 0 aliphatic carbocycles. The lowest BCUT2D eigenvalue weighted by Crippen LogP contribution is -2.13. The van der Waals surface area contributed by atoms with Gasteiger partial charge in [0.05, 0.1) is 12.2 Å².